The van der Waals surface area contributed by atoms with Crippen molar-refractivity contribution in [3.63, 3.8) is 0 Å². The molecule has 2 aromatic heterocycles. The monoisotopic (exact) mass is 457 g/mol. The molecule has 0 aliphatic carbocycles. The maximum absolute atomic E-state index is 13.2. The van der Waals surface area contributed by atoms with Gasteiger partial charge >= 0.3 is 0 Å². The number of pyridine rings is 1. The molecule has 0 saturated carbocycles. The molecule has 2 N–H and O–H groups in total. The van der Waals surface area contributed by atoms with Gasteiger partial charge in [0.2, 0.25) is 0 Å². The highest BCUT2D eigenvalue weighted by Gasteiger charge is 2.35. The Morgan fingerprint density at radius 2 is 2.13 bits per heavy atom. The van der Waals surface area contributed by atoms with Crippen molar-refractivity contribution in [1.29, 1.82) is 0 Å². The number of hydrogen-bond donors (Lipinski definition) is 2. The van der Waals surface area contributed by atoms with Crippen molar-refractivity contribution in [1.82, 2.24) is 15.6 Å². The molecule has 2 aromatic rings. The summed E-state index contributed by atoms with van der Waals surface area (Å²) in [6.07, 6.45) is 5.58. The fraction of sp³-hybridized carbons (Fsp3) is 0.409. The molecule has 3 aliphatic heterocycles. The number of carbonyl (C=O) groups is 2. The minimum absolute atomic E-state index is 0.0696. The minimum atomic E-state index is -0.461. The lowest BCUT2D eigenvalue weighted by Crippen LogP contribution is -2.39. The predicted molar refractivity (Wildman–Crippen MR) is 120 cm³/mol. The summed E-state index contributed by atoms with van der Waals surface area (Å²) in [5, 5.41) is 6.25. The Hall–Kier alpha value is -2.23. The molecule has 0 bridgehead atoms. The number of rotatable bonds is 5. The zero-order valence-corrected chi connectivity index (χ0v) is 18.5. The van der Waals surface area contributed by atoms with Gasteiger partial charge in [0.15, 0.2) is 17.0 Å². The number of Topliss-reactive ketones (excluding diaryl/α,β-unsaturated/α-hetero) is 1. The summed E-state index contributed by atoms with van der Waals surface area (Å²) in [4.78, 5) is 31.2. The van der Waals surface area contributed by atoms with E-state index in [9.17, 15) is 9.59 Å². The first-order valence-electron chi connectivity index (χ1n) is 10.4. The fourth-order valence-electron chi connectivity index (χ4n) is 3.96. The smallest absolute Gasteiger partial charge is 0.255 e. The summed E-state index contributed by atoms with van der Waals surface area (Å²) in [5.74, 6) is 2.34. The number of ether oxygens (including phenoxy) is 1. The third kappa shape index (κ3) is 4.40. The molecule has 1 unspecified atom stereocenters. The highest BCUT2D eigenvalue weighted by molar-refractivity contribution is 8.05. The molecule has 3 aliphatic rings. The van der Waals surface area contributed by atoms with Gasteiger partial charge in [0.1, 0.15) is 0 Å². The zero-order valence-electron chi connectivity index (χ0n) is 16.9. The van der Waals surface area contributed by atoms with Gasteiger partial charge in [0.05, 0.1) is 22.4 Å². The van der Waals surface area contributed by atoms with Crippen molar-refractivity contribution in [2.24, 2.45) is 5.92 Å². The second-order valence-corrected chi connectivity index (χ2v) is 9.90. The molecule has 1 amide bonds. The van der Waals surface area contributed by atoms with Crippen LogP contribution in [0, 0.1) is 5.92 Å². The molecule has 1 saturated heterocycles. The van der Waals surface area contributed by atoms with E-state index in [2.05, 4.69) is 15.6 Å². The summed E-state index contributed by atoms with van der Waals surface area (Å²) >= 11 is 3.19. The molecule has 1 fully saturated rings. The van der Waals surface area contributed by atoms with E-state index >= 15 is 0 Å². The largest absolute Gasteiger partial charge is 0.463 e. The van der Waals surface area contributed by atoms with E-state index in [0.717, 1.165) is 29.2 Å². The third-order valence-electron chi connectivity index (χ3n) is 5.65. The van der Waals surface area contributed by atoms with Gasteiger partial charge in [0, 0.05) is 36.8 Å². The third-order valence-corrected chi connectivity index (χ3v) is 7.77. The van der Waals surface area contributed by atoms with E-state index in [0.29, 0.717) is 48.0 Å². The molecular formula is C22H23N3O4S2. The van der Waals surface area contributed by atoms with Crippen LogP contribution in [0.1, 0.15) is 40.2 Å². The Labute approximate surface area is 188 Å². The lowest BCUT2D eigenvalue weighted by molar-refractivity contribution is -0.121. The number of fused-ring (bicyclic) bond motifs is 1. The fourth-order valence-corrected chi connectivity index (χ4v) is 6.06. The molecule has 1 atom stereocenters. The first-order chi connectivity index (χ1) is 15.2. The number of hydrogen-bond acceptors (Lipinski definition) is 8. The van der Waals surface area contributed by atoms with E-state index < -0.39 is 5.50 Å². The number of furan rings is 1. The van der Waals surface area contributed by atoms with Crippen molar-refractivity contribution < 1.29 is 18.7 Å². The van der Waals surface area contributed by atoms with Crippen LogP contribution in [0.5, 0.6) is 0 Å². The number of amides is 1. The van der Waals surface area contributed by atoms with E-state index in [1.165, 1.54) is 11.8 Å². The van der Waals surface area contributed by atoms with Gasteiger partial charge < -0.3 is 19.8 Å². The van der Waals surface area contributed by atoms with Crippen LogP contribution in [0.3, 0.4) is 0 Å². The normalized spacial score (nSPS) is 21.5. The lowest BCUT2D eigenvalue weighted by Gasteiger charge is -2.21. The molecule has 0 spiro atoms. The van der Waals surface area contributed by atoms with Crippen LogP contribution in [0.2, 0.25) is 0 Å². The summed E-state index contributed by atoms with van der Waals surface area (Å²) in [5.41, 5.74) is 2.91. The van der Waals surface area contributed by atoms with E-state index in [4.69, 9.17) is 9.15 Å². The second kappa shape index (κ2) is 9.10. The average Bonchev–Trinajstić information content (AvgIpc) is 3.49. The zero-order chi connectivity index (χ0) is 21.2. The summed E-state index contributed by atoms with van der Waals surface area (Å²) < 4.78 is 10.9. The average molecular weight is 458 g/mol. The summed E-state index contributed by atoms with van der Waals surface area (Å²) in [6.45, 7) is 1.20. The molecule has 5 heterocycles. The Balaban J connectivity index is 1.32. The van der Waals surface area contributed by atoms with Gasteiger partial charge in [-0.3, -0.25) is 14.6 Å². The van der Waals surface area contributed by atoms with Crippen LogP contribution in [0.15, 0.2) is 40.0 Å². The molecular weight excluding hydrogens is 434 g/mol. The van der Waals surface area contributed by atoms with E-state index in [-0.39, 0.29) is 17.6 Å². The molecule has 31 heavy (non-hydrogen) atoms. The highest BCUT2D eigenvalue weighted by atomic mass is 32.2. The standard InChI is InChI=1S/C22H23N3O4S2/c26-19(13-3-7-28-8-4-13)20-18(17-2-1-6-29-17)24-22(31-20)25-21(27)14-10-15-12-30-9-5-16(15)23-11-14/h1-2,6,10-11,13,22,24H,3-5,7-9,12H2,(H,25,27). The van der Waals surface area contributed by atoms with Gasteiger partial charge in [-0.25, -0.2) is 0 Å². The predicted octanol–water partition coefficient (Wildman–Crippen LogP) is 3.18. The Bertz CT molecular complexity index is 1020. The first-order valence-corrected chi connectivity index (χ1v) is 12.4. The minimum Gasteiger partial charge on any atom is -0.463 e. The van der Waals surface area contributed by atoms with Crippen molar-refractivity contribution in [3.05, 3.63) is 58.1 Å². The van der Waals surface area contributed by atoms with E-state index in [1.54, 1.807) is 18.5 Å². The SMILES string of the molecule is O=C(NC1NC(c2ccco2)=C(C(=O)C2CCOCC2)S1)c1cnc2c(c1)CSCC2. The van der Waals surface area contributed by atoms with Crippen molar-refractivity contribution in [3.8, 4) is 0 Å². The highest BCUT2D eigenvalue weighted by Crippen LogP contribution is 2.38. The maximum atomic E-state index is 13.2. The number of nitrogens with zero attached hydrogens (tertiary/aromatic N) is 1. The van der Waals surface area contributed by atoms with Crippen LogP contribution in [-0.2, 0) is 21.7 Å². The van der Waals surface area contributed by atoms with Crippen LogP contribution >= 0.6 is 23.5 Å². The molecule has 0 aromatic carbocycles. The van der Waals surface area contributed by atoms with Crippen LogP contribution in [-0.4, -0.2) is 41.1 Å². The number of ketones is 1. The summed E-state index contributed by atoms with van der Waals surface area (Å²) in [7, 11) is 0. The lowest BCUT2D eigenvalue weighted by atomic mass is 9.94. The van der Waals surface area contributed by atoms with Gasteiger partial charge in [-0.05, 0) is 48.8 Å². The second-order valence-electron chi connectivity index (χ2n) is 7.68. The molecule has 9 heteroatoms. The number of thioether (sulfide) groups is 2. The van der Waals surface area contributed by atoms with Gasteiger partial charge in [0.25, 0.3) is 5.91 Å². The Morgan fingerprint density at radius 1 is 1.26 bits per heavy atom. The maximum Gasteiger partial charge on any atom is 0.255 e. The van der Waals surface area contributed by atoms with Crippen LogP contribution in [0.4, 0.5) is 0 Å². The van der Waals surface area contributed by atoms with Gasteiger partial charge in [-0.1, -0.05) is 11.8 Å². The molecule has 5 rings (SSSR count). The molecule has 0 radical (unpaired) electrons. The van der Waals surface area contributed by atoms with Gasteiger partial charge in [-0.2, -0.15) is 11.8 Å². The number of allylic oxidation sites excluding steroid dienone is 1. The molecule has 7 nitrogen and oxygen atoms in total. The van der Waals surface area contributed by atoms with Crippen molar-refractivity contribution >= 4 is 40.9 Å². The van der Waals surface area contributed by atoms with Crippen molar-refractivity contribution in [2.45, 2.75) is 30.5 Å². The number of carbonyl (C=O) groups excluding carboxylic acids is 2. The van der Waals surface area contributed by atoms with Crippen molar-refractivity contribution in [2.75, 3.05) is 19.0 Å². The van der Waals surface area contributed by atoms with Gasteiger partial charge in [-0.15, -0.1) is 0 Å². The van der Waals surface area contributed by atoms with Crippen LogP contribution in [0.25, 0.3) is 5.70 Å². The number of nitrogens with one attached hydrogen (secondary N) is 2. The van der Waals surface area contributed by atoms with Crippen LogP contribution < -0.4 is 10.6 Å². The first kappa shape index (κ1) is 20.7. The number of aromatic nitrogens is 1. The number of aryl methyl sites for hydroxylation is 1. The Morgan fingerprint density at radius 3 is 2.94 bits per heavy atom. The van der Waals surface area contributed by atoms with E-state index in [1.807, 2.05) is 23.9 Å². The quantitative estimate of drug-likeness (QED) is 0.707. The topological polar surface area (TPSA) is 93.5 Å². The molecule has 162 valence electrons. The Kier molecular flexibility index (Phi) is 6.06. The summed E-state index contributed by atoms with van der Waals surface area (Å²) in [6, 6.07) is 5.53.